The van der Waals surface area contributed by atoms with E-state index in [2.05, 4.69) is 26.0 Å². The lowest BCUT2D eigenvalue weighted by Crippen LogP contribution is -2.00. The minimum atomic E-state index is 0.680. The summed E-state index contributed by atoms with van der Waals surface area (Å²) < 4.78 is 5.14. The summed E-state index contributed by atoms with van der Waals surface area (Å²) in [5.74, 6) is 1.72. The fourth-order valence-electron chi connectivity index (χ4n) is 1.28. The van der Waals surface area contributed by atoms with Gasteiger partial charge in [-0.2, -0.15) is 0 Å². The molecule has 0 fully saturated rings. The van der Waals surface area contributed by atoms with Crippen LogP contribution < -0.4 is 0 Å². The van der Waals surface area contributed by atoms with Gasteiger partial charge >= 0.3 is 0 Å². The smallest absolute Gasteiger partial charge is 0.117 e. The molecule has 1 rings (SSSR count). The van der Waals surface area contributed by atoms with Crippen molar-refractivity contribution in [2.45, 2.75) is 20.3 Å². The topological polar surface area (TPSA) is 9.23 Å². The average molecular weight is 138 g/mol. The van der Waals surface area contributed by atoms with Gasteiger partial charge in [-0.1, -0.05) is 13.0 Å². The van der Waals surface area contributed by atoms with Crippen molar-refractivity contribution in [2.24, 2.45) is 5.92 Å². The molecule has 1 unspecified atom stereocenters. The Labute approximate surface area is 62.4 Å². The van der Waals surface area contributed by atoms with Gasteiger partial charge in [0.05, 0.1) is 7.11 Å². The quantitative estimate of drug-likeness (QED) is 0.541. The second kappa shape index (κ2) is 2.91. The number of ether oxygens (including phenoxy) is 1. The molecule has 0 aliphatic heterocycles. The van der Waals surface area contributed by atoms with Gasteiger partial charge in [-0.3, -0.25) is 0 Å². The van der Waals surface area contributed by atoms with E-state index < -0.39 is 0 Å². The Morgan fingerprint density at radius 1 is 1.60 bits per heavy atom. The van der Waals surface area contributed by atoms with Crippen molar-refractivity contribution in [2.75, 3.05) is 7.11 Å². The number of hydrogen-bond donors (Lipinski definition) is 0. The fraction of sp³-hybridized carbons (Fsp3) is 0.556. The van der Waals surface area contributed by atoms with Crippen molar-refractivity contribution < 1.29 is 4.74 Å². The Hall–Kier alpha value is -0.720. The van der Waals surface area contributed by atoms with Crippen LogP contribution in [0.4, 0.5) is 0 Å². The molecule has 0 bridgehead atoms. The lowest BCUT2D eigenvalue weighted by Gasteiger charge is -2.15. The van der Waals surface area contributed by atoms with E-state index in [-0.39, 0.29) is 0 Å². The first-order chi connectivity index (χ1) is 4.74. The lowest BCUT2D eigenvalue weighted by atomic mass is 9.98. The Bertz CT molecular complexity index is 177. The maximum Gasteiger partial charge on any atom is 0.117 e. The molecule has 1 heteroatoms. The van der Waals surface area contributed by atoms with Crippen LogP contribution in [0.15, 0.2) is 23.5 Å². The normalized spacial score (nSPS) is 25.3. The van der Waals surface area contributed by atoms with Crippen LogP contribution in [0.1, 0.15) is 20.3 Å². The maximum atomic E-state index is 5.14. The summed E-state index contributed by atoms with van der Waals surface area (Å²) in [5, 5.41) is 0. The third-order valence-corrected chi connectivity index (χ3v) is 1.82. The molecule has 0 aromatic heterocycles. The molecule has 0 saturated carbocycles. The summed E-state index contributed by atoms with van der Waals surface area (Å²) in [5.41, 5.74) is 1.27. The molecule has 1 aliphatic carbocycles. The van der Waals surface area contributed by atoms with Crippen LogP contribution >= 0.6 is 0 Å². The molecule has 0 saturated heterocycles. The zero-order valence-electron chi connectivity index (χ0n) is 6.85. The van der Waals surface area contributed by atoms with E-state index in [1.807, 2.05) is 0 Å². The van der Waals surface area contributed by atoms with Gasteiger partial charge in [0.25, 0.3) is 0 Å². The molecule has 0 heterocycles. The lowest BCUT2D eigenvalue weighted by molar-refractivity contribution is 0.295. The molecule has 0 spiro atoms. The highest BCUT2D eigenvalue weighted by atomic mass is 16.5. The van der Waals surface area contributed by atoms with Gasteiger partial charge in [0, 0.05) is 0 Å². The molecule has 1 aliphatic rings. The van der Waals surface area contributed by atoms with E-state index in [1.54, 1.807) is 7.11 Å². The van der Waals surface area contributed by atoms with E-state index in [0.717, 1.165) is 12.2 Å². The van der Waals surface area contributed by atoms with E-state index in [1.165, 1.54) is 5.57 Å². The highest BCUT2D eigenvalue weighted by molar-refractivity contribution is 5.27. The molecule has 0 aromatic rings. The third kappa shape index (κ3) is 1.41. The molecular formula is C9H14O. The predicted octanol–water partition coefficient (Wildman–Crippen LogP) is 2.50. The van der Waals surface area contributed by atoms with E-state index in [0.29, 0.717) is 5.92 Å². The first kappa shape index (κ1) is 7.39. The summed E-state index contributed by atoms with van der Waals surface area (Å²) >= 11 is 0. The van der Waals surface area contributed by atoms with Crippen LogP contribution in [0, 0.1) is 5.92 Å². The van der Waals surface area contributed by atoms with Crippen molar-refractivity contribution in [1.29, 1.82) is 0 Å². The van der Waals surface area contributed by atoms with Gasteiger partial charge in [0.15, 0.2) is 0 Å². The van der Waals surface area contributed by atoms with Crippen molar-refractivity contribution in [3.05, 3.63) is 23.5 Å². The average Bonchev–Trinajstić information content (AvgIpc) is 1.88. The van der Waals surface area contributed by atoms with E-state index in [9.17, 15) is 0 Å². The van der Waals surface area contributed by atoms with Crippen molar-refractivity contribution >= 4 is 0 Å². The van der Waals surface area contributed by atoms with Gasteiger partial charge in [-0.05, 0) is 30.9 Å². The zero-order chi connectivity index (χ0) is 7.56. The monoisotopic (exact) mass is 138 g/mol. The Kier molecular flexibility index (Phi) is 2.15. The Morgan fingerprint density at radius 3 is 2.80 bits per heavy atom. The molecule has 1 atom stereocenters. The Morgan fingerprint density at radius 2 is 2.30 bits per heavy atom. The van der Waals surface area contributed by atoms with Gasteiger partial charge in [0.2, 0.25) is 0 Å². The van der Waals surface area contributed by atoms with Gasteiger partial charge in [0.1, 0.15) is 5.76 Å². The third-order valence-electron chi connectivity index (χ3n) is 1.82. The molecule has 0 N–H and O–H groups in total. The standard InChI is InChI=1S/C9H14O/c1-7-4-5-9(10-3)8(2)6-7/h5-7H,4H2,1-3H3. The highest BCUT2D eigenvalue weighted by Gasteiger charge is 2.08. The largest absolute Gasteiger partial charge is 0.497 e. The predicted molar refractivity (Wildman–Crippen MR) is 42.6 cm³/mol. The molecule has 10 heavy (non-hydrogen) atoms. The summed E-state index contributed by atoms with van der Waals surface area (Å²) in [6.07, 6.45) is 5.51. The van der Waals surface area contributed by atoms with E-state index >= 15 is 0 Å². The fourth-order valence-corrected chi connectivity index (χ4v) is 1.28. The summed E-state index contributed by atoms with van der Waals surface area (Å²) in [6, 6.07) is 0. The van der Waals surface area contributed by atoms with Crippen LogP contribution in [0.3, 0.4) is 0 Å². The van der Waals surface area contributed by atoms with Crippen LogP contribution in [0.2, 0.25) is 0 Å². The minimum absolute atomic E-state index is 0.680. The van der Waals surface area contributed by atoms with Crippen molar-refractivity contribution in [3.63, 3.8) is 0 Å². The zero-order valence-corrected chi connectivity index (χ0v) is 6.85. The SMILES string of the molecule is COC1=CCC(C)C=C1C. The second-order valence-corrected chi connectivity index (χ2v) is 2.84. The highest BCUT2D eigenvalue weighted by Crippen LogP contribution is 2.21. The van der Waals surface area contributed by atoms with Gasteiger partial charge in [-0.15, -0.1) is 0 Å². The van der Waals surface area contributed by atoms with Gasteiger partial charge < -0.3 is 4.74 Å². The van der Waals surface area contributed by atoms with Crippen LogP contribution in [-0.2, 0) is 4.74 Å². The number of hydrogen-bond acceptors (Lipinski definition) is 1. The molecule has 0 radical (unpaired) electrons. The summed E-state index contributed by atoms with van der Waals surface area (Å²) in [4.78, 5) is 0. The second-order valence-electron chi connectivity index (χ2n) is 2.84. The first-order valence-corrected chi connectivity index (χ1v) is 3.67. The Balaban J connectivity index is 2.71. The van der Waals surface area contributed by atoms with E-state index in [4.69, 9.17) is 4.74 Å². The van der Waals surface area contributed by atoms with Gasteiger partial charge in [-0.25, -0.2) is 0 Å². The minimum Gasteiger partial charge on any atom is -0.497 e. The molecule has 0 aromatic carbocycles. The molecule has 1 nitrogen and oxygen atoms in total. The molecular weight excluding hydrogens is 124 g/mol. The number of methoxy groups -OCH3 is 1. The molecule has 56 valence electrons. The van der Waals surface area contributed by atoms with Crippen molar-refractivity contribution in [3.8, 4) is 0 Å². The van der Waals surface area contributed by atoms with Crippen LogP contribution in [0.25, 0.3) is 0 Å². The number of rotatable bonds is 1. The summed E-state index contributed by atoms with van der Waals surface area (Å²) in [6.45, 7) is 4.30. The summed E-state index contributed by atoms with van der Waals surface area (Å²) in [7, 11) is 1.72. The van der Waals surface area contributed by atoms with Crippen LogP contribution in [-0.4, -0.2) is 7.11 Å². The van der Waals surface area contributed by atoms with Crippen LogP contribution in [0.5, 0.6) is 0 Å². The molecule has 0 amide bonds. The number of allylic oxidation sites excluding steroid dienone is 3. The maximum absolute atomic E-state index is 5.14. The van der Waals surface area contributed by atoms with Crippen molar-refractivity contribution in [1.82, 2.24) is 0 Å². The first-order valence-electron chi connectivity index (χ1n) is 3.67.